The van der Waals surface area contributed by atoms with Gasteiger partial charge < -0.3 is 5.32 Å². The van der Waals surface area contributed by atoms with Crippen molar-refractivity contribution in [3.63, 3.8) is 0 Å². The number of nitrogens with zero attached hydrogens (tertiary/aromatic N) is 2. The predicted molar refractivity (Wildman–Crippen MR) is 75.9 cm³/mol. The molecule has 92 valence electrons. The van der Waals surface area contributed by atoms with E-state index in [0.29, 0.717) is 6.54 Å². The van der Waals surface area contributed by atoms with E-state index in [1.807, 2.05) is 25.1 Å². The molecule has 1 atom stereocenters. The van der Waals surface area contributed by atoms with E-state index in [1.54, 1.807) is 6.20 Å². The van der Waals surface area contributed by atoms with Gasteiger partial charge in [0, 0.05) is 29.1 Å². The van der Waals surface area contributed by atoms with Crippen LogP contribution in [0, 0.1) is 17.2 Å². The normalized spacial score (nSPS) is 12.3. The molecule has 0 saturated carbocycles. The quantitative estimate of drug-likeness (QED) is 0.943. The van der Waals surface area contributed by atoms with Crippen LogP contribution in [0.2, 0.25) is 0 Å². The molecule has 0 amide bonds. The van der Waals surface area contributed by atoms with Crippen molar-refractivity contribution in [2.45, 2.75) is 13.5 Å². The first-order valence-electron chi connectivity index (χ1n) is 5.85. The number of benzene rings is 1. The Labute approximate surface area is 115 Å². The van der Waals surface area contributed by atoms with Crippen molar-refractivity contribution >= 4 is 26.8 Å². The van der Waals surface area contributed by atoms with Crippen LogP contribution in [-0.2, 0) is 6.54 Å². The number of rotatable bonds is 4. The molecule has 0 radical (unpaired) electrons. The summed E-state index contributed by atoms with van der Waals surface area (Å²) in [6.45, 7) is 3.33. The molecule has 0 aliphatic carbocycles. The Morgan fingerprint density at radius 1 is 1.44 bits per heavy atom. The van der Waals surface area contributed by atoms with E-state index in [2.05, 4.69) is 38.4 Å². The molecule has 0 bridgehead atoms. The number of nitriles is 1. The second kappa shape index (κ2) is 5.94. The third-order valence-corrected chi connectivity index (χ3v) is 3.48. The van der Waals surface area contributed by atoms with Gasteiger partial charge in [0.15, 0.2) is 0 Å². The van der Waals surface area contributed by atoms with E-state index in [9.17, 15) is 0 Å². The van der Waals surface area contributed by atoms with Crippen LogP contribution in [-0.4, -0.2) is 11.5 Å². The van der Waals surface area contributed by atoms with Crippen molar-refractivity contribution in [3.05, 3.63) is 40.5 Å². The second-order valence-corrected chi connectivity index (χ2v) is 5.12. The maximum atomic E-state index is 8.73. The minimum absolute atomic E-state index is 0.0275. The number of pyridine rings is 1. The third kappa shape index (κ3) is 2.87. The van der Waals surface area contributed by atoms with Crippen LogP contribution in [0.5, 0.6) is 0 Å². The van der Waals surface area contributed by atoms with Gasteiger partial charge in [-0.1, -0.05) is 28.1 Å². The molecule has 3 nitrogen and oxygen atoms in total. The number of aromatic nitrogens is 1. The summed E-state index contributed by atoms with van der Waals surface area (Å²) in [6.07, 6.45) is 1.80. The van der Waals surface area contributed by atoms with Gasteiger partial charge in [0.1, 0.15) is 0 Å². The van der Waals surface area contributed by atoms with Crippen LogP contribution in [0.4, 0.5) is 0 Å². The lowest BCUT2D eigenvalue weighted by molar-refractivity contribution is 0.603. The summed E-state index contributed by atoms with van der Waals surface area (Å²) in [6, 6.07) is 10.3. The fourth-order valence-corrected chi connectivity index (χ4v) is 2.26. The van der Waals surface area contributed by atoms with Crippen molar-refractivity contribution in [3.8, 4) is 6.07 Å². The van der Waals surface area contributed by atoms with E-state index in [4.69, 9.17) is 5.26 Å². The lowest BCUT2D eigenvalue weighted by atomic mass is 10.1. The summed E-state index contributed by atoms with van der Waals surface area (Å²) in [5.74, 6) is 0.0275. The van der Waals surface area contributed by atoms with Gasteiger partial charge in [-0.25, -0.2) is 0 Å². The number of fused-ring (bicyclic) bond motifs is 1. The zero-order chi connectivity index (χ0) is 13.0. The highest BCUT2D eigenvalue weighted by Crippen LogP contribution is 2.25. The van der Waals surface area contributed by atoms with E-state index in [0.717, 1.165) is 27.5 Å². The Hall–Kier alpha value is -1.44. The minimum Gasteiger partial charge on any atom is -0.311 e. The number of halogens is 1. The first-order valence-corrected chi connectivity index (χ1v) is 6.64. The molecule has 1 heterocycles. The van der Waals surface area contributed by atoms with Gasteiger partial charge in [-0.2, -0.15) is 5.26 Å². The topological polar surface area (TPSA) is 48.7 Å². The molecule has 1 unspecified atom stereocenters. The van der Waals surface area contributed by atoms with Gasteiger partial charge in [-0.3, -0.25) is 4.98 Å². The Morgan fingerprint density at radius 2 is 2.28 bits per heavy atom. The van der Waals surface area contributed by atoms with Crippen LogP contribution >= 0.6 is 15.9 Å². The highest BCUT2D eigenvalue weighted by atomic mass is 79.9. The fourth-order valence-electron chi connectivity index (χ4n) is 1.81. The van der Waals surface area contributed by atoms with Crippen LogP contribution in [0.25, 0.3) is 10.9 Å². The average molecular weight is 304 g/mol. The largest absolute Gasteiger partial charge is 0.311 e. The number of nitrogens with one attached hydrogen (secondary N) is 1. The zero-order valence-corrected chi connectivity index (χ0v) is 11.7. The summed E-state index contributed by atoms with van der Waals surface area (Å²) in [5.41, 5.74) is 2.16. The molecule has 0 saturated heterocycles. The highest BCUT2D eigenvalue weighted by molar-refractivity contribution is 9.10. The maximum Gasteiger partial charge on any atom is 0.0758 e. The van der Waals surface area contributed by atoms with Gasteiger partial charge in [-0.15, -0.1) is 0 Å². The summed E-state index contributed by atoms with van der Waals surface area (Å²) in [7, 11) is 0. The molecule has 2 aromatic rings. The Morgan fingerprint density at radius 3 is 3.06 bits per heavy atom. The maximum absolute atomic E-state index is 8.73. The summed E-state index contributed by atoms with van der Waals surface area (Å²) in [5, 5.41) is 13.1. The molecular weight excluding hydrogens is 290 g/mol. The lowest BCUT2D eigenvalue weighted by Gasteiger charge is -2.09. The molecular formula is C14H14BrN3. The smallest absolute Gasteiger partial charge is 0.0758 e. The van der Waals surface area contributed by atoms with E-state index in [1.165, 1.54) is 0 Å². The molecule has 0 aliphatic rings. The molecule has 0 spiro atoms. The molecule has 1 aromatic carbocycles. The van der Waals surface area contributed by atoms with E-state index >= 15 is 0 Å². The summed E-state index contributed by atoms with van der Waals surface area (Å²) >= 11 is 3.53. The Kier molecular flexibility index (Phi) is 4.29. The molecule has 0 aliphatic heterocycles. The van der Waals surface area contributed by atoms with Crippen LogP contribution in [0.15, 0.2) is 34.9 Å². The van der Waals surface area contributed by atoms with Crippen molar-refractivity contribution in [1.82, 2.24) is 10.3 Å². The van der Waals surface area contributed by atoms with Crippen LogP contribution in [0.3, 0.4) is 0 Å². The Balaban J connectivity index is 2.19. The molecule has 18 heavy (non-hydrogen) atoms. The summed E-state index contributed by atoms with van der Waals surface area (Å²) < 4.78 is 1.06. The van der Waals surface area contributed by atoms with Gasteiger partial charge >= 0.3 is 0 Å². The van der Waals surface area contributed by atoms with Crippen molar-refractivity contribution < 1.29 is 0 Å². The van der Waals surface area contributed by atoms with Crippen LogP contribution < -0.4 is 5.32 Å². The van der Waals surface area contributed by atoms with E-state index < -0.39 is 0 Å². The first-order chi connectivity index (χ1) is 8.72. The fraction of sp³-hybridized carbons (Fsp3) is 0.286. The van der Waals surface area contributed by atoms with E-state index in [-0.39, 0.29) is 5.92 Å². The Bertz CT molecular complexity index is 589. The van der Waals surface area contributed by atoms with Gasteiger partial charge in [0.25, 0.3) is 0 Å². The van der Waals surface area contributed by atoms with Gasteiger partial charge in [0.05, 0.1) is 17.5 Å². The lowest BCUT2D eigenvalue weighted by Crippen LogP contribution is -2.20. The van der Waals surface area contributed by atoms with Gasteiger partial charge in [0.2, 0.25) is 0 Å². The molecule has 2 rings (SSSR count). The van der Waals surface area contributed by atoms with Crippen molar-refractivity contribution in [1.29, 1.82) is 5.26 Å². The van der Waals surface area contributed by atoms with Gasteiger partial charge in [-0.05, 0) is 24.6 Å². The third-order valence-electron chi connectivity index (χ3n) is 2.79. The zero-order valence-electron chi connectivity index (χ0n) is 10.2. The predicted octanol–water partition coefficient (Wildman–Crippen LogP) is 3.25. The van der Waals surface area contributed by atoms with Crippen molar-refractivity contribution in [2.75, 3.05) is 6.54 Å². The number of hydrogen-bond acceptors (Lipinski definition) is 3. The monoisotopic (exact) mass is 303 g/mol. The molecule has 1 aromatic heterocycles. The van der Waals surface area contributed by atoms with Crippen molar-refractivity contribution in [2.24, 2.45) is 5.92 Å². The first kappa shape index (κ1) is 13.0. The molecule has 0 fully saturated rings. The minimum atomic E-state index is 0.0275. The molecule has 4 heteroatoms. The average Bonchev–Trinajstić information content (AvgIpc) is 2.41. The van der Waals surface area contributed by atoms with Crippen LogP contribution in [0.1, 0.15) is 12.5 Å². The summed E-state index contributed by atoms with van der Waals surface area (Å²) in [4.78, 5) is 4.42. The second-order valence-electron chi connectivity index (χ2n) is 4.27. The SMILES string of the molecule is CC(C#N)CNCc1ccc(Br)c2cccnc12. The standard InChI is InChI=1S/C14H14BrN3/c1-10(7-16)8-17-9-11-4-5-13(15)12-3-2-6-18-14(11)12/h2-6,10,17H,8-9H2,1H3. The number of hydrogen-bond donors (Lipinski definition) is 1. The highest BCUT2D eigenvalue weighted by Gasteiger charge is 2.05. The molecule has 1 N–H and O–H groups in total.